The quantitative estimate of drug-likeness (QED) is 0.784. The molecule has 0 saturated heterocycles. The molecule has 4 heteroatoms. The number of hydrogen-bond acceptors (Lipinski definition) is 2. The number of aryl methyl sites for hydroxylation is 1. The van der Waals surface area contributed by atoms with Gasteiger partial charge in [0.15, 0.2) is 6.10 Å². The van der Waals surface area contributed by atoms with Crippen LogP contribution in [-0.4, -0.2) is 12.0 Å². The van der Waals surface area contributed by atoms with Crippen LogP contribution in [0.1, 0.15) is 18.1 Å². The van der Waals surface area contributed by atoms with Gasteiger partial charge in [-0.25, -0.2) is 0 Å². The van der Waals surface area contributed by atoms with E-state index in [9.17, 15) is 4.79 Å². The molecule has 0 fully saturated rings. The Labute approximate surface area is 138 Å². The summed E-state index contributed by atoms with van der Waals surface area (Å²) in [5, 5.41) is 2.86. The molecule has 0 aliphatic carbocycles. The lowest BCUT2D eigenvalue weighted by Gasteiger charge is -2.17. The van der Waals surface area contributed by atoms with Crippen molar-refractivity contribution in [3.05, 3.63) is 57.2 Å². The van der Waals surface area contributed by atoms with Crippen molar-refractivity contribution in [3.8, 4) is 5.75 Å². The molecule has 0 aromatic heterocycles. The van der Waals surface area contributed by atoms with E-state index in [2.05, 4.69) is 27.9 Å². The van der Waals surface area contributed by atoms with E-state index in [1.165, 1.54) is 0 Å². The van der Waals surface area contributed by atoms with E-state index in [0.29, 0.717) is 0 Å². The van der Waals surface area contributed by atoms with Crippen LogP contribution in [0.3, 0.4) is 0 Å². The topological polar surface area (TPSA) is 38.3 Å². The van der Waals surface area contributed by atoms with Gasteiger partial charge in [-0.15, -0.1) is 0 Å². The number of amides is 1. The fourth-order valence-corrected chi connectivity index (χ4v) is 2.23. The first-order chi connectivity index (χ1) is 9.97. The Morgan fingerprint density at radius 3 is 2.48 bits per heavy atom. The van der Waals surface area contributed by atoms with Gasteiger partial charge in [-0.2, -0.15) is 0 Å². The highest BCUT2D eigenvalue weighted by Gasteiger charge is 2.16. The molecule has 1 amide bonds. The van der Waals surface area contributed by atoms with Crippen LogP contribution in [0.25, 0.3) is 0 Å². The van der Waals surface area contributed by atoms with Gasteiger partial charge in [-0.1, -0.05) is 12.1 Å². The van der Waals surface area contributed by atoms with Gasteiger partial charge in [-0.05, 0) is 84.8 Å². The van der Waals surface area contributed by atoms with Crippen molar-refractivity contribution in [2.24, 2.45) is 0 Å². The Hall–Kier alpha value is -1.56. The second kappa shape index (κ2) is 6.93. The zero-order chi connectivity index (χ0) is 15.4. The molecule has 0 saturated carbocycles. The van der Waals surface area contributed by atoms with Crippen molar-refractivity contribution < 1.29 is 9.53 Å². The highest BCUT2D eigenvalue weighted by Crippen LogP contribution is 2.22. The minimum Gasteiger partial charge on any atom is -0.481 e. The van der Waals surface area contributed by atoms with Crippen molar-refractivity contribution in [1.82, 2.24) is 0 Å². The molecule has 21 heavy (non-hydrogen) atoms. The van der Waals surface area contributed by atoms with E-state index in [-0.39, 0.29) is 5.91 Å². The molecule has 1 N–H and O–H groups in total. The first-order valence-electron chi connectivity index (χ1n) is 6.76. The third-order valence-electron chi connectivity index (χ3n) is 3.34. The molecular weight excluding hydrogens is 377 g/mol. The number of carbonyl (C=O) groups is 1. The molecule has 0 spiro atoms. The third-order valence-corrected chi connectivity index (χ3v) is 4.06. The maximum Gasteiger partial charge on any atom is 0.265 e. The molecule has 3 nitrogen and oxygen atoms in total. The smallest absolute Gasteiger partial charge is 0.265 e. The standard InChI is InChI=1S/C17H18INO2/c1-11-5-4-6-16(12(11)2)21-13(3)17(20)19-15-9-7-14(18)8-10-15/h4-10,13H,1-3H3,(H,19,20)/t13-/m1/s1. The molecular formula is C17H18INO2. The summed E-state index contributed by atoms with van der Waals surface area (Å²) in [5.41, 5.74) is 2.99. The zero-order valence-electron chi connectivity index (χ0n) is 12.3. The number of hydrogen-bond donors (Lipinski definition) is 1. The maximum atomic E-state index is 12.2. The normalized spacial score (nSPS) is 11.8. The largest absolute Gasteiger partial charge is 0.481 e. The Morgan fingerprint density at radius 1 is 1.14 bits per heavy atom. The van der Waals surface area contributed by atoms with Gasteiger partial charge in [0.2, 0.25) is 0 Å². The summed E-state index contributed by atoms with van der Waals surface area (Å²) in [5.74, 6) is 0.595. The minimum absolute atomic E-state index is 0.155. The summed E-state index contributed by atoms with van der Waals surface area (Å²) < 4.78 is 6.90. The fourth-order valence-electron chi connectivity index (χ4n) is 1.87. The Morgan fingerprint density at radius 2 is 1.81 bits per heavy atom. The van der Waals surface area contributed by atoms with Crippen LogP contribution in [0.15, 0.2) is 42.5 Å². The number of carbonyl (C=O) groups excluding carboxylic acids is 1. The van der Waals surface area contributed by atoms with E-state index < -0.39 is 6.10 Å². The van der Waals surface area contributed by atoms with Crippen LogP contribution in [0.2, 0.25) is 0 Å². The van der Waals surface area contributed by atoms with Gasteiger partial charge in [0.25, 0.3) is 5.91 Å². The van der Waals surface area contributed by atoms with Crippen LogP contribution in [0.4, 0.5) is 5.69 Å². The van der Waals surface area contributed by atoms with Crippen molar-refractivity contribution in [3.63, 3.8) is 0 Å². The fraction of sp³-hybridized carbons (Fsp3) is 0.235. The Bertz CT molecular complexity index is 638. The SMILES string of the molecule is Cc1cccc(O[C@H](C)C(=O)Nc2ccc(I)cc2)c1C. The van der Waals surface area contributed by atoms with Crippen LogP contribution >= 0.6 is 22.6 Å². The summed E-state index contributed by atoms with van der Waals surface area (Å²) >= 11 is 2.23. The average Bonchev–Trinajstić information content (AvgIpc) is 2.46. The van der Waals surface area contributed by atoms with Crippen molar-refractivity contribution >= 4 is 34.2 Å². The van der Waals surface area contributed by atoms with Gasteiger partial charge >= 0.3 is 0 Å². The molecule has 0 unspecified atom stereocenters. The predicted molar refractivity (Wildman–Crippen MR) is 93.8 cm³/mol. The molecule has 2 aromatic rings. The van der Waals surface area contributed by atoms with Crippen molar-refractivity contribution in [2.45, 2.75) is 26.9 Å². The first kappa shape index (κ1) is 15.8. The predicted octanol–water partition coefficient (Wildman–Crippen LogP) is 4.31. The van der Waals surface area contributed by atoms with Crippen LogP contribution < -0.4 is 10.1 Å². The Balaban J connectivity index is 2.02. The highest BCUT2D eigenvalue weighted by atomic mass is 127. The minimum atomic E-state index is -0.551. The van der Waals surface area contributed by atoms with Crippen molar-refractivity contribution in [2.75, 3.05) is 5.32 Å². The second-order valence-electron chi connectivity index (χ2n) is 4.95. The van der Waals surface area contributed by atoms with Crippen molar-refractivity contribution in [1.29, 1.82) is 0 Å². The summed E-state index contributed by atoms with van der Waals surface area (Å²) in [4.78, 5) is 12.2. The summed E-state index contributed by atoms with van der Waals surface area (Å²) in [6, 6.07) is 13.5. The maximum absolute atomic E-state index is 12.2. The lowest BCUT2D eigenvalue weighted by atomic mass is 10.1. The first-order valence-corrected chi connectivity index (χ1v) is 7.84. The van der Waals surface area contributed by atoms with Crippen LogP contribution in [0, 0.1) is 17.4 Å². The summed E-state index contributed by atoms with van der Waals surface area (Å²) in [7, 11) is 0. The molecule has 1 atom stereocenters. The molecule has 0 heterocycles. The number of benzene rings is 2. The summed E-state index contributed by atoms with van der Waals surface area (Å²) in [6.45, 7) is 5.77. The monoisotopic (exact) mass is 395 g/mol. The second-order valence-corrected chi connectivity index (χ2v) is 6.20. The summed E-state index contributed by atoms with van der Waals surface area (Å²) in [6.07, 6.45) is -0.551. The number of anilines is 1. The van der Waals surface area contributed by atoms with E-state index in [0.717, 1.165) is 26.1 Å². The molecule has 0 bridgehead atoms. The molecule has 0 aliphatic heterocycles. The molecule has 0 radical (unpaired) electrons. The highest BCUT2D eigenvalue weighted by molar-refractivity contribution is 14.1. The lowest BCUT2D eigenvalue weighted by Crippen LogP contribution is -2.30. The van der Waals surface area contributed by atoms with Crippen LogP contribution in [0.5, 0.6) is 5.75 Å². The van der Waals surface area contributed by atoms with E-state index >= 15 is 0 Å². The number of rotatable bonds is 4. The van der Waals surface area contributed by atoms with Gasteiger partial charge in [0, 0.05) is 9.26 Å². The third kappa shape index (κ3) is 4.20. The number of halogens is 1. The van der Waals surface area contributed by atoms with E-state index in [1.807, 2.05) is 56.3 Å². The van der Waals surface area contributed by atoms with Crippen LogP contribution in [-0.2, 0) is 4.79 Å². The van der Waals surface area contributed by atoms with Gasteiger partial charge < -0.3 is 10.1 Å². The van der Waals surface area contributed by atoms with Gasteiger partial charge in [-0.3, -0.25) is 4.79 Å². The van der Waals surface area contributed by atoms with Gasteiger partial charge in [0.05, 0.1) is 0 Å². The Kier molecular flexibility index (Phi) is 5.22. The number of ether oxygens (including phenoxy) is 1. The van der Waals surface area contributed by atoms with Gasteiger partial charge in [0.1, 0.15) is 5.75 Å². The zero-order valence-corrected chi connectivity index (χ0v) is 14.5. The number of nitrogens with one attached hydrogen (secondary N) is 1. The molecule has 110 valence electrons. The lowest BCUT2D eigenvalue weighted by molar-refractivity contribution is -0.122. The van der Waals surface area contributed by atoms with E-state index in [1.54, 1.807) is 6.92 Å². The molecule has 0 aliphatic rings. The van der Waals surface area contributed by atoms with E-state index in [4.69, 9.17) is 4.74 Å². The molecule has 2 rings (SSSR count). The molecule has 2 aromatic carbocycles. The average molecular weight is 395 g/mol.